The molecule has 0 aliphatic carbocycles. The molecule has 1 aromatic rings. The summed E-state index contributed by atoms with van der Waals surface area (Å²) in [6.45, 7) is 2.74. The number of nitrogens with one attached hydrogen (secondary N) is 2. The van der Waals surface area contributed by atoms with E-state index in [1.165, 1.54) is 0 Å². The number of benzene rings is 1. The maximum atomic E-state index is 12.3. The van der Waals surface area contributed by atoms with Gasteiger partial charge in [-0.05, 0) is 45.0 Å². The number of carbonyl (C=O) groups is 2. The van der Waals surface area contributed by atoms with E-state index in [1.54, 1.807) is 4.90 Å². The minimum atomic E-state index is -0.117. The molecule has 0 spiro atoms. The zero-order chi connectivity index (χ0) is 17.2. The van der Waals surface area contributed by atoms with E-state index in [1.807, 2.05) is 37.4 Å². The number of rotatable bonds is 8. The largest absolute Gasteiger partial charge is 0.484 e. The summed E-state index contributed by atoms with van der Waals surface area (Å²) in [4.78, 5) is 26.2. The van der Waals surface area contributed by atoms with Gasteiger partial charge in [0.25, 0.3) is 5.91 Å². The molecule has 1 heterocycles. The van der Waals surface area contributed by atoms with E-state index < -0.39 is 0 Å². The van der Waals surface area contributed by atoms with Gasteiger partial charge in [0.2, 0.25) is 5.91 Å². The van der Waals surface area contributed by atoms with E-state index in [-0.39, 0.29) is 36.7 Å². The number of halogens is 1. The van der Waals surface area contributed by atoms with E-state index in [9.17, 15) is 9.59 Å². The van der Waals surface area contributed by atoms with Crippen LogP contribution in [0.4, 0.5) is 0 Å². The molecule has 1 aliphatic rings. The highest BCUT2D eigenvalue weighted by Crippen LogP contribution is 2.17. The second-order valence-corrected chi connectivity index (χ2v) is 6.03. The second-order valence-electron chi connectivity index (χ2n) is 6.03. The van der Waals surface area contributed by atoms with Crippen molar-refractivity contribution in [3.05, 3.63) is 30.3 Å². The fourth-order valence-corrected chi connectivity index (χ4v) is 2.79. The van der Waals surface area contributed by atoms with Crippen molar-refractivity contribution in [1.29, 1.82) is 0 Å². The number of hydrogen-bond donors (Lipinski definition) is 2. The number of carbonyl (C=O) groups excluding carboxylic acids is 2. The summed E-state index contributed by atoms with van der Waals surface area (Å²) in [5, 5.41) is 6.01. The Morgan fingerprint density at radius 1 is 1.24 bits per heavy atom. The zero-order valence-corrected chi connectivity index (χ0v) is 15.5. The molecule has 2 N–H and O–H groups in total. The molecular formula is C18H28ClN3O3. The average Bonchev–Trinajstić information content (AvgIpc) is 2.64. The van der Waals surface area contributed by atoms with Crippen molar-refractivity contribution in [3.8, 4) is 5.75 Å². The molecule has 1 atom stereocenters. The van der Waals surface area contributed by atoms with Gasteiger partial charge in [0.05, 0.1) is 5.92 Å². The molecule has 0 radical (unpaired) electrons. The normalized spacial score (nSPS) is 16.7. The highest BCUT2D eigenvalue weighted by atomic mass is 35.5. The van der Waals surface area contributed by atoms with Crippen LogP contribution in [0, 0.1) is 5.92 Å². The molecule has 0 aromatic heterocycles. The molecule has 2 amide bonds. The van der Waals surface area contributed by atoms with Gasteiger partial charge >= 0.3 is 0 Å². The molecule has 140 valence electrons. The third-order valence-corrected chi connectivity index (χ3v) is 4.15. The summed E-state index contributed by atoms with van der Waals surface area (Å²) in [6, 6.07) is 9.29. The Balaban J connectivity index is 0.00000312. The van der Waals surface area contributed by atoms with Crippen LogP contribution < -0.4 is 15.4 Å². The Hall–Kier alpha value is -1.79. The fourth-order valence-electron chi connectivity index (χ4n) is 2.79. The lowest BCUT2D eigenvalue weighted by molar-refractivity contribution is -0.137. The first-order valence-electron chi connectivity index (χ1n) is 8.58. The van der Waals surface area contributed by atoms with Crippen LogP contribution in [0.5, 0.6) is 5.75 Å². The highest BCUT2D eigenvalue weighted by molar-refractivity contribution is 5.85. The topological polar surface area (TPSA) is 70.7 Å². The van der Waals surface area contributed by atoms with Crippen LogP contribution >= 0.6 is 12.4 Å². The predicted octanol–water partition coefficient (Wildman–Crippen LogP) is 1.45. The SMILES string of the molecule is CNCCCNC(=O)C1CCCN(C(=O)COc2ccccc2)C1.Cl. The van der Waals surface area contributed by atoms with Crippen molar-refractivity contribution in [1.82, 2.24) is 15.5 Å². The van der Waals surface area contributed by atoms with Crippen molar-refractivity contribution in [2.45, 2.75) is 19.3 Å². The predicted molar refractivity (Wildman–Crippen MR) is 100 cm³/mol. The molecular weight excluding hydrogens is 342 g/mol. The summed E-state index contributed by atoms with van der Waals surface area (Å²) >= 11 is 0. The molecule has 25 heavy (non-hydrogen) atoms. The zero-order valence-electron chi connectivity index (χ0n) is 14.7. The van der Waals surface area contributed by atoms with Crippen LogP contribution in [0.1, 0.15) is 19.3 Å². The van der Waals surface area contributed by atoms with Crippen LogP contribution in [0.25, 0.3) is 0 Å². The Kier molecular flexibility index (Phi) is 9.96. The Morgan fingerprint density at radius 3 is 2.72 bits per heavy atom. The van der Waals surface area contributed by atoms with Crippen molar-refractivity contribution in [3.63, 3.8) is 0 Å². The van der Waals surface area contributed by atoms with Crippen LogP contribution in [0.15, 0.2) is 30.3 Å². The maximum absolute atomic E-state index is 12.3. The molecule has 0 bridgehead atoms. The average molecular weight is 370 g/mol. The van der Waals surface area contributed by atoms with Crippen LogP contribution in [-0.4, -0.2) is 56.5 Å². The lowest BCUT2D eigenvalue weighted by atomic mass is 9.97. The monoisotopic (exact) mass is 369 g/mol. The van der Waals surface area contributed by atoms with Gasteiger partial charge in [-0.15, -0.1) is 12.4 Å². The molecule has 2 rings (SSSR count). The van der Waals surface area contributed by atoms with Gasteiger partial charge in [-0.3, -0.25) is 9.59 Å². The molecule has 1 fully saturated rings. The van der Waals surface area contributed by atoms with Gasteiger partial charge in [-0.25, -0.2) is 0 Å². The Labute approximate surface area is 155 Å². The van der Waals surface area contributed by atoms with E-state index in [0.29, 0.717) is 25.4 Å². The number of nitrogens with zero attached hydrogens (tertiary/aromatic N) is 1. The third-order valence-electron chi connectivity index (χ3n) is 4.15. The summed E-state index contributed by atoms with van der Waals surface area (Å²) in [7, 11) is 1.89. The molecule has 1 aromatic carbocycles. The Bertz CT molecular complexity index is 528. The van der Waals surface area contributed by atoms with E-state index >= 15 is 0 Å². The number of likely N-dealkylation sites (tertiary alicyclic amines) is 1. The first kappa shape index (κ1) is 21.3. The molecule has 0 saturated carbocycles. The van der Waals surface area contributed by atoms with Crippen molar-refractivity contribution < 1.29 is 14.3 Å². The van der Waals surface area contributed by atoms with Gasteiger partial charge in [0, 0.05) is 19.6 Å². The van der Waals surface area contributed by atoms with Gasteiger partial charge < -0.3 is 20.3 Å². The molecule has 1 unspecified atom stereocenters. The van der Waals surface area contributed by atoms with Crippen molar-refractivity contribution >= 4 is 24.2 Å². The number of amides is 2. The van der Waals surface area contributed by atoms with E-state index in [2.05, 4.69) is 10.6 Å². The minimum absolute atomic E-state index is 0. The summed E-state index contributed by atoms with van der Waals surface area (Å²) in [5.74, 6) is 0.551. The standard InChI is InChI=1S/C18H27N3O3.ClH/c1-19-10-6-11-20-18(23)15-7-5-12-21(13-15)17(22)14-24-16-8-3-2-4-9-16;/h2-4,8-9,15,19H,5-7,10-14H2,1H3,(H,20,23);1H. The smallest absolute Gasteiger partial charge is 0.260 e. The summed E-state index contributed by atoms with van der Waals surface area (Å²) in [6.07, 6.45) is 2.59. The number of para-hydroxylation sites is 1. The Morgan fingerprint density at radius 2 is 2.00 bits per heavy atom. The minimum Gasteiger partial charge on any atom is -0.484 e. The van der Waals surface area contributed by atoms with E-state index in [4.69, 9.17) is 4.74 Å². The maximum Gasteiger partial charge on any atom is 0.260 e. The molecule has 6 nitrogen and oxygen atoms in total. The van der Waals surface area contributed by atoms with Gasteiger partial charge in [0.15, 0.2) is 6.61 Å². The number of piperidine rings is 1. The van der Waals surface area contributed by atoms with Crippen molar-refractivity contribution in [2.75, 3.05) is 39.8 Å². The second kappa shape index (κ2) is 11.7. The first-order valence-corrected chi connectivity index (χ1v) is 8.58. The first-order chi connectivity index (χ1) is 11.7. The quantitative estimate of drug-likeness (QED) is 0.680. The van der Waals surface area contributed by atoms with Crippen LogP contribution in [0.2, 0.25) is 0 Å². The van der Waals surface area contributed by atoms with E-state index in [0.717, 1.165) is 25.8 Å². The third kappa shape index (κ3) is 7.32. The highest BCUT2D eigenvalue weighted by Gasteiger charge is 2.28. The fraction of sp³-hybridized carbons (Fsp3) is 0.556. The molecule has 7 heteroatoms. The van der Waals surface area contributed by atoms with Crippen molar-refractivity contribution in [2.24, 2.45) is 5.92 Å². The molecule has 1 saturated heterocycles. The summed E-state index contributed by atoms with van der Waals surface area (Å²) in [5.41, 5.74) is 0. The van der Waals surface area contributed by atoms with Gasteiger partial charge in [-0.2, -0.15) is 0 Å². The van der Waals surface area contributed by atoms with Crippen LogP contribution in [0.3, 0.4) is 0 Å². The van der Waals surface area contributed by atoms with Gasteiger partial charge in [0.1, 0.15) is 5.75 Å². The van der Waals surface area contributed by atoms with Gasteiger partial charge in [-0.1, -0.05) is 18.2 Å². The van der Waals surface area contributed by atoms with Crippen LogP contribution in [-0.2, 0) is 9.59 Å². The lowest BCUT2D eigenvalue weighted by Gasteiger charge is -2.32. The lowest BCUT2D eigenvalue weighted by Crippen LogP contribution is -2.47. The molecule has 1 aliphatic heterocycles. The number of hydrogen-bond acceptors (Lipinski definition) is 4. The summed E-state index contributed by atoms with van der Waals surface area (Å²) < 4.78 is 5.51. The number of ether oxygens (including phenoxy) is 1.